The molecule has 0 spiro atoms. The Hall–Kier alpha value is -1.29. The second kappa shape index (κ2) is 5.16. The van der Waals surface area contributed by atoms with Gasteiger partial charge in [-0.15, -0.1) is 0 Å². The maximum atomic E-state index is 12.3. The van der Waals surface area contributed by atoms with Crippen molar-refractivity contribution >= 4 is 25.6 Å². The number of halogens is 4. The third-order valence-corrected chi connectivity index (χ3v) is 4.31. The van der Waals surface area contributed by atoms with Crippen LogP contribution in [0, 0.1) is 0 Å². The van der Waals surface area contributed by atoms with Crippen LogP contribution in [0.1, 0.15) is 34.9 Å². The van der Waals surface area contributed by atoms with E-state index in [1.54, 1.807) is 0 Å². The number of aromatic amines is 1. The molecule has 0 aliphatic heterocycles. The average molecular weight is 346 g/mol. The van der Waals surface area contributed by atoms with E-state index in [0.29, 0.717) is 17.7 Å². The van der Waals surface area contributed by atoms with Crippen LogP contribution >= 0.6 is 10.7 Å². The van der Waals surface area contributed by atoms with Crippen LogP contribution in [0.5, 0.6) is 0 Å². The van der Waals surface area contributed by atoms with Crippen molar-refractivity contribution in [2.45, 2.75) is 29.8 Å². The lowest BCUT2D eigenvalue weighted by molar-refractivity contribution is -0.138. The normalized spacial score (nSPS) is 16.0. The van der Waals surface area contributed by atoms with E-state index in [1.165, 1.54) is 0 Å². The molecule has 1 aliphatic rings. The molecule has 118 valence electrons. The molecule has 0 radical (unpaired) electrons. The van der Waals surface area contributed by atoms with Gasteiger partial charge in [0.05, 0.1) is 5.69 Å². The fraction of sp³-hybridized carbons (Fsp3) is 0.600. The summed E-state index contributed by atoms with van der Waals surface area (Å²) >= 11 is 0. The molecule has 1 amide bonds. The van der Waals surface area contributed by atoms with Gasteiger partial charge in [0.15, 0.2) is 5.69 Å². The van der Waals surface area contributed by atoms with Crippen molar-refractivity contribution in [2.24, 2.45) is 0 Å². The van der Waals surface area contributed by atoms with Crippen LogP contribution in [0.3, 0.4) is 0 Å². The van der Waals surface area contributed by atoms with E-state index in [2.05, 4.69) is 10.2 Å². The summed E-state index contributed by atoms with van der Waals surface area (Å²) in [5, 5.41) is 5.95. The molecular weight excluding hydrogens is 335 g/mol. The van der Waals surface area contributed by atoms with Crippen LogP contribution in [0.4, 0.5) is 13.2 Å². The minimum absolute atomic E-state index is 0.115. The summed E-state index contributed by atoms with van der Waals surface area (Å²) in [6.45, 7) is -1.51. The predicted molar refractivity (Wildman–Crippen MR) is 66.6 cm³/mol. The van der Waals surface area contributed by atoms with E-state index in [1.807, 2.05) is 0 Å². The molecule has 1 saturated carbocycles. The molecule has 0 saturated heterocycles. The lowest BCUT2D eigenvalue weighted by Gasteiger charge is -2.18. The monoisotopic (exact) mass is 345 g/mol. The Morgan fingerprint density at radius 1 is 1.48 bits per heavy atom. The second-order valence-electron chi connectivity index (χ2n) is 4.80. The summed E-state index contributed by atoms with van der Waals surface area (Å²) < 4.78 is 60.1. The number of hydrogen-bond acceptors (Lipinski definition) is 4. The molecule has 0 unspecified atom stereocenters. The van der Waals surface area contributed by atoms with E-state index in [-0.39, 0.29) is 11.6 Å². The van der Waals surface area contributed by atoms with Gasteiger partial charge in [-0.1, -0.05) is 0 Å². The summed E-state index contributed by atoms with van der Waals surface area (Å²) in [5.74, 6) is -1.27. The average Bonchev–Trinajstić information content (AvgIpc) is 3.03. The fourth-order valence-electron chi connectivity index (χ4n) is 1.91. The molecule has 0 bridgehead atoms. The molecule has 0 aromatic carbocycles. The van der Waals surface area contributed by atoms with E-state index >= 15 is 0 Å². The first kappa shape index (κ1) is 16.1. The van der Waals surface area contributed by atoms with Crippen LogP contribution in [0.2, 0.25) is 0 Å². The highest BCUT2D eigenvalue weighted by molar-refractivity contribution is 8.13. The first-order valence-electron chi connectivity index (χ1n) is 5.86. The van der Waals surface area contributed by atoms with Gasteiger partial charge in [-0.3, -0.25) is 9.89 Å². The van der Waals surface area contributed by atoms with Gasteiger partial charge in [-0.05, 0) is 12.8 Å². The van der Waals surface area contributed by atoms with Crippen molar-refractivity contribution in [1.29, 1.82) is 0 Å². The maximum Gasteiger partial charge on any atom is 0.406 e. The first-order valence-corrected chi connectivity index (χ1v) is 8.17. The number of carbonyl (C=O) groups is 1. The van der Waals surface area contributed by atoms with Crippen molar-refractivity contribution in [3.63, 3.8) is 0 Å². The molecule has 1 N–H and O–H groups in total. The van der Waals surface area contributed by atoms with Crippen molar-refractivity contribution in [2.75, 3.05) is 13.6 Å². The number of rotatable bonds is 4. The van der Waals surface area contributed by atoms with Crippen LogP contribution in [-0.4, -0.2) is 49.2 Å². The number of alkyl halides is 3. The first-order chi connectivity index (χ1) is 9.50. The Morgan fingerprint density at radius 2 is 2.05 bits per heavy atom. The van der Waals surface area contributed by atoms with Gasteiger partial charge in [0.1, 0.15) is 11.4 Å². The summed E-state index contributed by atoms with van der Waals surface area (Å²) in [6.07, 6.45) is -3.19. The van der Waals surface area contributed by atoms with E-state index in [4.69, 9.17) is 10.7 Å². The zero-order valence-corrected chi connectivity index (χ0v) is 12.3. The molecule has 1 aliphatic carbocycles. The molecule has 1 aromatic rings. The summed E-state index contributed by atoms with van der Waals surface area (Å²) in [6, 6.07) is 0. The predicted octanol–water partition coefficient (Wildman–Crippen LogP) is 1.85. The molecule has 21 heavy (non-hydrogen) atoms. The summed E-state index contributed by atoms with van der Waals surface area (Å²) in [4.78, 5) is 11.8. The van der Waals surface area contributed by atoms with Gasteiger partial charge >= 0.3 is 6.18 Å². The van der Waals surface area contributed by atoms with Gasteiger partial charge in [0.2, 0.25) is 0 Å². The van der Waals surface area contributed by atoms with Crippen molar-refractivity contribution in [1.82, 2.24) is 15.1 Å². The number of hydrogen-bond donors (Lipinski definition) is 1. The topological polar surface area (TPSA) is 83.1 Å². The van der Waals surface area contributed by atoms with Crippen molar-refractivity contribution < 1.29 is 26.4 Å². The molecule has 0 atom stereocenters. The van der Waals surface area contributed by atoms with Crippen LogP contribution in [0.15, 0.2) is 4.90 Å². The third kappa shape index (κ3) is 3.67. The maximum absolute atomic E-state index is 12.3. The minimum atomic E-state index is -4.60. The van der Waals surface area contributed by atoms with Gasteiger partial charge in [-0.25, -0.2) is 8.42 Å². The van der Waals surface area contributed by atoms with Gasteiger partial charge in [-0.2, -0.15) is 18.3 Å². The lowest BCUT2D eigenvalue weighted by Crippen LogP contribution is -2.36. The number of carbonyl (C=O) groups excluding carboxylic acids is 1. The molecule has 1 aromatic heterocycles. The Balaban J connectivity index is 2.38. The standard InChI is InChI=1S/C10H11ClF3N3O3S/c1-17(4-10(12,13)14)9(18)7-8(21(11,19)20)6(15-16-7)5-2-3-5/h5H,2-4H2,1H3,(H,15,16). The highest BCUT2D eigenvalue weighted by Gasteiger charge is 2.39. The summed E-state index contributed by atoms with van der Waals surface area (Å²) in [7, 11) is 1.89. The van der Waals surface area contributed by atoms with Gasteiger partial charge in [0.25, 0.3) is 15.0 Å². The number of aromatic nitrogens is 2. The quantitative estimate of drug-likeness (QED) is 0.844. The Labute approximate surface area is 122 Å². The zero-order valence-electron chi connectivity index (χ0n) is 10.7. The molecule has 1 heterocycles. The Kier molecular flexibility index (Phi) is 3.96. The van der Waals surface area contributed by atoms with Crippen LogP contribution < -0.4 is 0 Å². The van der Waals surface area contributed by atoms with Crippen molar-refractivity contribution in [3.8, 4) is 0 Å². The molecule has 6 nitrogen and oxygen atoms in total. The number of nitrogens with one attached hydrogen (secondary N) is 1. The zero-order chi connectivity index (χ0) is 16.0. The van der Waals surface area contributed by atoms with Crippen LogP contribution in [0.25, 0.3) is 0 Å². The van der Waals surface area contributed by atoms with E-state index in [9.17, 15) is 26.4 Å². The highest BCUT2D eigenvalue weighted by Crippen LogP contribution is 2.43. The minimum Gasteiger partial charge on any atom is -0.331 e. The van der Waals surface area contributed by atoms with E-state index in [0.717, 1.165) is 7.05 Å². The molecule has 2 rings (SSSR count). The fourth-order valence-corrected chi connectivity index (χ4v) is 3.21. The third-order valence-electron chi connectivity index (χ3n) is 2.94. The van der Waals surface area contributed by atoms with E-state index < -0.39 is 38.3 Å². The SMILES string of the molecule is CN(CC(F)(F)F)C(=O)c1n[nH]c(C2CC2)c1S(=O)(=O)Cl. The van der Waals surface area contributed by atoms with Crippen molar-refractivity contribution in [3.05, 3.63) is 11.4 Å². The molecule has 11 heteroatoms. The Morgan fingerprint density at radius 3 is 2.48 bits per heavy atom. The number of nitrogens with zero attached hydrogens (tertiary/aromatic N) is 2. The lowest BCUT2D eigenvalue weighted by atomic mass is 10.2. The number of H-pyrrole nitrogens is 1. The van der Waals surface area contributed by atoms with Gasteiger partial charge < -0.3 is 4.90 Å². The van der Waals surface area contributed by atoms with Crippen LogP contribution in [-0.2, 0) is 9.05 Å². The summed E-state index contributed by atoms with van der Waals surface area (Å²) in [5.41, 5.74) is -0.438. The second-order valence-corrected chi connectivity index (χ2v) is 7.31. The highest BCUT2D eigenvalue weighted by atomic mass is 35.7. The molecule has 1 fully saturated rings. The smallest absolute Gasteiger partial charge is 0.331 e. The number of amides is 1. The van der Waals surface area contributed by atoms with Gasteiger partial charge in [0, 0.05) is 23.6 Å². The Bertz CT molecular complexity index is 667. The largest absolute Gasteiger partial charge is 0.406 e. The molecular formula is C10H11ClF3N3O3S.